The van der Waals surface area contributed by atoms with Crippen molar-refractivity contribution in [2.24, 2.45) is 5.84 Å². The van der Waals surface area contributed by atoms with Gasteiger partial charge in [0.05, 0.1) is 11.1 Å². The first-order valence-electron chi connectivity index (χ1n) is 4.51. The Morgan fingerprint density at radius 3 is 2.94 bits per heavy atom. The zero-order chi connectivity index (χ0) is 12.0. The number of halogens is 1. The Morgan fingerprint density at radius 2 is 2.38 bits per heavy atom. The smallest absolute Gasteiger partial charge is 0.251 e. The molecule has 86 valence electrons. The number of hydrogen-bond acceptors (Lipinski definition) is 5. The molecule has 16 heavy (non-hydrogen) atoms. The van der Waals surface area contributed by atoms with E-state index in [1.54, 1.807) is 12.3 Å². The standard InChI is InChI=1S/C9H11ClN4O2/c10-9-2-1-8(7-12-9)3-4-13(11)5-6-14(15)16/h1-2,5-7H,3-4,11H2/b6-5+. The van der Waals surface area contributed by atoms with Crippen molar-refractivity contribution in [2.45, 2.75) is 6.42 Å². The Kier molecular flexibility index (Phi) is 4.68. The van der Waals surface area contributed by atoms with Crippen molar-refractivity contribution in [3.8, 4) is 0 Å². The topological polar surface area (TPSA) is 85.3 Å². The second-order valence-corrected chi connectivity index (χ2v) is 3.45. The highest BCUT2D eigenvalue weighted by atomic mass is 35.5. The molecule has 6 nitrogen and oxygen atoms in total. The highest BCUT2D eigenvalue weighted by Gasteiger charge is 1.98. The number of nitrogens with zero attached hydrogens (tertiary/aromatic N) is 3. The van der Waals surface area contributed by atoms with Crippen LogP contribution in [0, 0.1) is 10.1 Å². The third kappa shape index (κ3) is 4.72. The van der Waals surface area contributed by atoms with Crippen LogP contribution in [0.15, 0.2) is 30.7 Å². The Morgan fingerprint density at radius 1 is 1.62 bits per heavy atom. The second kappa shape index (κ2) is 6.04. The van der Waals surface area contributed by atoms with Gasteiger partial charge in [-0.25, -0.2) is 10.8 Å². The molecule has 0 spiro atoms. The number of rotatable bonds is 5. The lowest BCUT2D eigenvalue weighted by Gasteiger charge is -2.11. The number of hydrogen-bond donors (Lipinski definition) is 1. The summed E-state index contributed by atoms with van der Waals surface area (Å²) in [6.07, 6.45) is 4.29. The SMILES string of the molecule is NN(/C=C/[N+](=O)[O-])CCc1ccc(Cl)nc1. The monoisotopic (exact) mass is 242 g/mol. The molecule has 0 aliphatic rings. The van der Waals surface area contributed by atoms with Gasteiger partial charge in [0.25, 0.3) is 6.20 Å². The van der Waals surface area contributed by atoms with E-state index in [2.05, 4.69) is 4.98 Å². The molecule has 0 atom stereocenters. The predicted molar refractivity (Wildman–Crippen MR) is 60.0 cm³/mol. The van der Waals surface area contributed by atoms with Crippen LogP contribution >= 0.6 is 11.6 Å². The molecule has 0 fully saturated rings. The summed E-state index contributed by atoms with van der Waals surface area (Å²) in [7, 11) is 0. The third-order valence-electron chi connectivity index (χ3n) is 1.83. The molecule has 1 rings (SSSR count). The fraction of sp³-hybridized carbons (Fsp3) is 0.222. The first-order valence-corrected chi connectivity index (χ1v) is 4.89. The van der Waals surface area contributed by atoms with Crippen LogP contribution in [-0.2, 0) is 6.42 Å². The van der Waals surface area contributed by atoms with E-state index in [1.807, 2.05) is 6.07 Å². The van der Waals surface area contributed by atoms with Crippen molar-refractivity contribution in [1.82, 2.24) is 9.99 Å². The molecule has 1 aromatic heterocycles. The summed E-state index contributed by atoms with van der Waals surface area (Å²) in [5.41, 5.74) is 0.967. The first-order chi connectivity index (χ1) is 7.58. The zero-order valence-electron chi connectivity index (χ0n) is 8.41. The van der Waals surface area contributed by atoms with E-state index in [9.17, 15) is 10.1 Å². The minimum atomic E-state index is -0.566. The number of aromatic nitrogens is 1. The molecule has 0 amide bonds. The van der Waals surface area contributed by atoms with Gasteiger partial charge < -0.3 is 5.01 Å². The molecule has 1 aromatic rings. The molecule has 1 heterocycles. The Balaban J connectivity index is 2.39. The number of nitro groups is 1. The highest BCUT2D eigenvalue weighted by molar-refractivity contribution is 6.29. The van der Waals surface area contributed by atoms with Crippen LogP contribution in [0.25, 0.3) is 0 Å². The summed E-state index contributed by atoms with van der Waals surface area (Å²) in [5.74, 6) is 5.50. The van der Waals surface area contributed by atoms with Crippen molar-refractivity contribution in [2.75, 3.05) is 6.54 Å². The Hall–Kier alpha value is -1.66. The van der Waals surface area contributed by atoms with Crippen LogP contribution in [0.1, 0.15) is 5.56 Å². The van der Waals surface area contributed by atoms with Gasteiger partial charge >= 0.3 is 0 Å². The minimum Gasteiger partial charge on any atom is -0.312 e. The van der Waals surface area contributed by atoms with E-state index in [4.69, 9.17) is 17.4 Å². The lowest BCUT2D eigenvalue weighted by Crippen LogP contribution is -2.27. The van der Waals surface area contributed by atoms with Crippen LogP contribution in [0.5, 0.6) is 0 Å². The molecule has 7 heteroatoms. The van der Waals surface area contributed by atoms with Gasteiger partial charge in [-0.05, 0) is 18.1 Å². The van der Waals surface area contributed by atoms with Crippen LogP contribution in [0.4, 0.5) is 0 Å². The Labute approximate surface area is 97.4 Å². The van der Waals surface area contributed by atoms with E-state index in [0.717, 1.165) is 11.8 Å². The lowest BCUT2D eigenvalue weighted by atomic mass is 10.2. The molecule has 0 radical (unpaired) electrons. The van der Waals surface area contributed by atoms with Crippen LogP contribution < -0.4 is 5.84 Å². The molecular formula is C9H11ClN4O2. The second-order valence-electron chi connectivity index (χ2n) is 3.06. The van der Waals surface area contributed by atoms with Gasteiger partial charge in [0.2, 0.25) is 0 Å². The molecular weight excluding hydrogens is 232 g/mol. The molecule has 0 aromatic carbocycles. The van der Waals surface area contributed by atoms with E-state index in [1.165, 1.54) is 11.2 Å². The van der Waals surface area contributed by atoms with Gasteiger partial charge in [0.1, 0.15) is 5.15 Å². The third-order valence-corrected chi connectivity index (χ3v) is 2.05. The van der Waals surface area contributed by atoms with Crippen molar-refractivity contribution >= 4 is 11.6 Å². The number of nitrogens with two attached hydrogens (primary N) is 1. The molecule has 0 aliphatic carbocycles. The molecule has 2 N–H and O–H groups in total. The van der Waals surface area contributed by atoms with E-state index >= 15 is 0 Å². The highest BCUT2D eigenvalue weighted by Crippen LogP contribution is 2.05. The van der Waals surface area contributed by atoms with Crippen LogP contribution in [0.2, 0.25) is 5.15 Å². The van der Waals surface area contributed by atoms with Gasteiger partial charge in [0, 0.05) is 12.7 Å². The maximum Gasteiger partial charge on any atom is 0.251 e. The molecule has 0 unspecified atom stereocenters. The van der Waals surface area contributed by atoms with Gasteiger partial charge in [-0.1, -0.05) is 17.7 Å². The predicted octanol–water partition coefficient (Wildman–Crippen LogP) is 1.20. The largest absolute Gasteiger partial charge is 0.312 e. The van der Waals surface area contributed by atoms with Crippen LogP contribution in [-0.4, -0.2) is 21.5 Å². The first kappa shape index (κ1) is 12.4. The number of pyridine rings is 1. The fourth-order valence-electron chi connectivity index (χ4n) is 1.03. The normalized spacial score (nSPS) is 10.6. The van der Waals surface area contributed by atoms with Gasteiger partial charge in [-0.3, -0.25) is 10.1 Å². The van der Waals surface area contributed by atoms with Gasteiger partial charge in [-0.2, -0.15) is 0 Å². The maximum atomic E-state index is 10.0. The fourth-order valence-corrected chi connectivity index (χ4v) is 1.14. The molecule has 0 bridgehead atoms. The van der Waals surface area contributed by atoms with Crippen molar-refractivity contribution in [1.29, 1.82) is 0 Å². The summed E-state index contributed by atoms with van der Waals surface area (Å²) in [6, 6.07) is 3.52. The summed E-state index contributed by atoms with van der Waals surface area (Å²) in [4.78, 5) is 13.4. The van der Waals surface area contributed by atoms with Crippen molar-refractivity contribution < 1.29 is 4.92 Å². The summed E-state index contributed by atoms with van der Waals surface area (Å²) in [5, 5.41) is 11.7. The van der Waals surface area contributed by atoms with Crippen LogP contribution in [0.3, 0.4) is 0 Å². The summed E-state index contributed by atoms with van der Waals surface area (Å²) in [6.45, 7) is 0.466. The Bertz CT molecular complexity index is 380. The quantitative estimate of drug-likeness (QED) is 0.363. The van der Waals surface area contributed by atoms with Crippen molar-refractivity contribution in [3.63, 3.8) is 0 Å². The molecule has 0 aliphatic heterocycles. The van der Waals surface area contributed by atoms with Gasteiger partial charge in [0.15, 0.2) is 0 Å². The van der Waals surface area contributed by atoms with Crippen molar-refractivity contribution in [3.05, 3.63) is 51.6 Å². The van der Waals surface area contributed by atoms with E-state index in [0.29, 0.717) is 18.1 Å². The molecule has 0 saturated heterocycles. The van der Waals surface area contributed by atoms with E-state index < -0.39 is 4.92 Å². The number of hydrazine groups is 1. The zero-order valence-corrected chi connectivity index (χ0v) is 9.17. The van der Waals surface area contributed by atoms with Gasteiger partial charge in [-0.15, -0.1) is 0 Å². The average molecular weight is 243 g/mol. The maximum absolute atomic E-state index is 10.0. The summed E-state index contributed by atoms with van der Waals surface area (Å²) < 4.78 is 0. The van der Waals surface area contributed by atoms with E-state index in [-0.39, 0.29) is 0 Å². The molecule has 0 saturated carbocycles. The average Bonchev–Trinajstić information content (AvgIpc) is 2.25. The minimum absolute atomic E-state index is 0.432. The summed E-state index contributed by atoms with van der Waals surface area (Å²) >= 11 is 5.63. The lowest BCUT2D eigenvalue weighted by molar-refractivity contribution is -0.403.